The Bertz CT molecular complexity index is 992. The van der Waals surface area contributed by atoms with Crippen LogP contribution in [0.4, 0.5) is 0 Å². The van der Waals surface area contributed by atoms with E-state index in [1.807, 2.05) is 24.1 Å². The van der Waals surface area contributed by atoms with Gasteiger partial charge in [0.05, 0.1) is 29.7 Å². The van der Waals surface area contributed by atoms with E-state index in [2.05, 4.69) is 28.1 Å². The zero-order valence-electron chi connectivity index (χ0n) is 14.7. The van der Waals surface area contributed by atoms with Crippen LogP contribution in [0.15, 0.2) is 23.5 Å². The van der Waals surface area contributed by atoms with E-state index in [1.54, 1.807) is 0 Å². The quantitative estimate of drug-likeness (QED) is 0.768. The monoisotopic (exact) mass is 337 g/mol. The van der Waals surface area contributed by atoms with Crippen molar-refractivity contribution in [1.82, 2.24) is 19.7 Å². The summed E-state index contributed by atoms with van der Waals surface area (Å²) in [6, 6.07) is 0. The van der Waals surface area contributed by atoms with E-state index in [4.69, 9.17) is 10.1 Å². The van der Waals surface area contributed by atoms with Crippen molar-refractivity contribution in [2.45, 2.75) is 32.6 Å². The molecule has 1 aliphatic carbocycles. The van der Waals surface area contributed by atoms with E-state index < -0.39 is 0 Å². The number of aromatic nitrogens is 4. The van der Waals surface area contributed by atoms with Crippen LogP contribution >= 0.6 is 0 Å². The van der Waals surface area contributed by atoms with Crippen molar-refractivity contribution >= 4 is 33.2 Å². The maximum Gasteiger partial charge on any atom is 0.162 e. The smallest absolute Gasteiger partial charge is 0.162 e. The zero-order valence-corrected chi connectivity index (χ0v) is 14.7. The van der Waals surface area contributed by atoms with Gasteiger partial charge in [-0.3, -0.25) is 9.67 Å². The number of aromatic amines is 1. The molecule has 0 amide bonds. The van der Waals surface area contributed by atoms with Crippen LogP contribution in [0.3, 0.4) is 0 Å². The minimum atomic E-state index is 0.116. The van der Waals surface area contributed by atoms with E-state index in [0.717, 1.165) is 42.4 Å². The molecule has 25 heavy (non-hydrogen) atoms. The number of H-pyrrole nitrogens is 1. The third-order valence-electron chi connectivity index (χ3n) is 4.97. The normalized spacial score (nSPS) is 16.9. The highest BCUT2D eigenvalue weighted by Gasteiger charge is 2.21. The summed E-state index contributed by atoms with van der Waals surface area (Å²) in [5, 5.41) is 14.4. The second-order valence-corrected chi connectivity index (χ2v) is 6.49. The van der Waals surface area contributed by atoms with Gasteiger partial charge in [0.2, 0.25) is 0 Å². The number of aryl methyl sites for hydroxylation is 2. The molecule has 2 N–H and O–H groups in total. The standard InChI is InChI=1S/C19H23N5O/c1-3-15-16-18-13(11-22-24(18)2)10-21-19(16)23-17(15)12-4-6-14(7-5-12)20-8-9-25/h4,10-11,22,25H,3,5-9H2,1-2H3. The maximum atomic E-state index is 8.92. The van der Waals surface area contributed by atoms with Gasteiger partial charge in [0.25, 0.3) is 0 Å². The average Bonchev–Trinajstić information content (AvgIpc) is 3.20. The number of rotatable bonds is 4. The number of aliphatic hydroxyl groups excluding tert-OH is 1. The highest BCUT2D eigenvalue weighted by molar-refractivity contribution is 6.06. The molecule has 6 nitrogen and oxygen atoms in total. The predicted octanol–water partition coefficient (Wildman–Crippen LogP) is 3.01. The molecule has 1 aliphatic rings. The zero-order chi connectivity index (χ0) is 17.4. The van der Waals surface area contributed by atoms with Crippen LogP contribution in [0.1, 0.15) is 37.4 Å². The largest absolute Gasteiger partial charge is 0.394 e. The first kappa shape index (κ1) is 16.0. The van der Waals surface area contributed by atoms with Crippen molar-refractivity contribution in [2.24, 2.45) is 12.0 Å². The number of aliphatic hydroxyl groups is 1. The van der Waals surface area contributed by atoms with Crippen molar-refractivity contribution in [1.29, 1.82) is 0 Å². The molecule has 3 aromatic heterocycles. The molecule has 0 aliphatic heterocycles. The SMILES string of the molecule is CCc1c(C2=CCC(=NCCO)CC2)nc2ncc3c[nH]n(C)c3c12. The molecule has 130 valence electrons. The number of pyridine rings is 1. The van der Waals surface area contributed by atoms with Gasteiger partial charge in [0.15, 0.2) is 5.65 Å². The average molecular weight is 337 g/mol. The molecule has 6 heteroatoms. The van der Waals surface area contributed by atoms with Gasteiger partial charge in [-0.25, -0.2) is 9.97 Å². The lowest BCUT2D eigenvalue weighted by Gasteiger charge is -2.15. The van der Waals surface area contributed by atoms with E-state index in [9.17, 15) is 0 Å². The minimum absolute atomic E-state index is 0.116. The summed E-state index contributed by atoms with van der Waals surface area (Å²) in [4.78, 5) is 13.9. The van der Waals surface area contributed by atoms with Crippen LogP contribution in [0, 0.1) is 0 Å². The summed E-state index contributed by atoms with van der Waals surface area (Å²) in [6.07, 6.45) is 9.79. The number of aliphatic imine (C=N–C) groups is 1. The molecular weight excluding hydrogens is 314 g/mol. The van der Waals surface area contributed by atoms with Crippen molar-refractivity contribution < 1.29 is 5.11 Å². The van der Waals surface area contributed by atoms with Crippen molar-refractivity contribution in [3.05, 3.63) is 29.7 Å². The molecule has 0 aromatic carbocycles. The van der Waals surface area contributed by atoms with Gasteiger partial charge in [-0.1, -0.05) is 13.0 Å². The fourth-order valence-corrected chi connectivity index (χ4v) is 3.76. The third-order valence-corrected chi connectivity index (χ3v) is 4.97. The van der Waals surface area contributed by atoms with E-state index >= 15 is 0 Å². The van der Waals surface area contributed by atoms with Crippen molar-refractivity contribution in [3.8, 4) is 0 Å². The lowest BCUT2D eigenvalue weighted by Crippen LogP contribution is -2.07. The topological polar surface area (TPSA) is 79.1 Å². The van der Waals surface area contributed by atoms with Gasteiger partial charge in [0, 0.05) is 37.0 Å². The van der Waals surface area contributed by atoms with Crippen molar-refractivity contribution in [2.75, 3.05) is 13.2 Å². The fraction of sp³-hybridized carbons (Fsp3) is 0.421. The van der Waals surface area contributed by atoms with Crippen LogP contribution < -0.4 is 0 Å². The van der Waals surface area contributed by atoms with Gasteiger partial charge >= 0.3 is 0 Å². The Morgan fingerprint density at radius 2 is 2.24 bits per heavy atom. The molecular formula is C19H23N5O. The minimum Gasteiger partial charge on any atom is -0.394 e. The number of nitrogens with zero attached hydrogens (tertiary/aromatic N) is 4. The number of fused-ring (bicyclic) bond motifs is 3. The predicted molar refractivity (Wildman–Crippen MR) is 101 cm³/mol. The Labute approximate surface area is 146 Å². The summed E-state index contributed by atoms with van der Waals surface area (Å²) in [5.74, 6) is 0. The van der Waals surface area contributed by atoms with Gasteiger partial charge in [-0.2, -0.15) is 0 Å². The molecule has 0 bridgehead atoms. The molecule has 0 saturated carbocycles. The molecule has 0 saturated heterocycles. The molecule has 0 fully saturated rings. The first-order valence-electron chi connectivity index (χ1n) is 8.86. The highest BCUT2D eigenvalue weighted by atomic mass is 16.3. The van der Waals surface area contributed by atoms with E-state index in [1.165, 1.54) is 27.8 Å². The molecule has 0 unspecified atom stereocenters. The van der Waals surface area contributed by atoms with Crippen LogP contribution in [0.25, 0.3) is 27.5 Å². The maximum absolute atomic E-state index is 8.92. The molecule has 3 heterocycles. The first-order valence-corrected chi connectivity index (χ1v) is 8.86. The summed E-state index contributed by atoms with van der Waals surface area (Å²) in [6.45, 7) is 2.80. The Hall–Kier alpha value is -2.47. The molecule has 0 radical (unpaired) electrons. The number of allylic oxidation sites excluding steroid dienone is 2. The molecule has 0 spiro atoms. The Morgan fingerprint density at radius 1 is 1.36 bits per heavy atom. The lowest BCUT2D eigenvalue weighted by atomic mass is 9.92. The van der Waals surface area contributed by atoms with Crippen molar-refractivity contribution in [3.63, 3.8) is 0 Å². The van der Waals surface area contributed by atoms with Gasteiger partial charge in [-0.15, -0.1) is 0 Å². The first-order chi connectivity index (χ1) is 12.2. The summed E-state index contributed by atoms with van der Waals surface area (Å²) in [7, 11) is 2.03. The molecule has 3 aromatic rings. The van der Waals surface area contributed by atoms with Gasteiger partial charge in [-0.05, 0) is 30.4 Å². The van der Waals surface area contributed by atoms with Gasteiger partial charge < -0.3 is 10.2 Å². The second-order valence-electron chi connectivity index (χ2n) is 6.49. The Morgan fingerprint density at radius 3 is 2.96 bits per heavy atom. The number of hydrogen-bond acceptors (Lipinski definition) is 4. The Balaban J connectivity index is 1.82. The lowest BCUT2D eigenvalue weighted by molar-refractivity contribution is 0.306. The van der Waals surface area contributed by atoms with E-state index in [0.29, 0.717) is 6.54 Å². The summed E-state index contributed by atoms with van der Waals surface area (Å²) < 4.78 is 2.04. The highest BCUT2D eigenvalue weighted by Crippen LogP contribution is 2.35. The van der Waals surface area contributed by atoms with Crippen LogP contribution in [-0.4, -0.2) is 43.7 Å². The number of hydrogen-bond donors (Lipinski definition) is 2. The van der Waals surface area contributed by atoms with Gasteiger partial charge in [0.1, 0.15) is 0 Å². The molecule has 0 atom stereocenters. The molecule has 4 rings (SSSR count). The van der Waals surface area contributed by atoms with E-state index in [-0.39, 0.29) is 6.61 Å². The number of nitrogens with one attached hydrogen (secondary N) is 1. The third kappa shape index (κ3) is 2.66. The second kappa shape index (κ2) is 6.44. The van der Waals surface area contributed by atoms with Crippen LogP contribution in [0.2, 0.25) is 0 Å². The summed E-state index contributed by atoms with van der Waals surface area (Å²) >= 11 is 0. The van der Waals surface area contributed by atoms with Crippen LogP contribution in [0.5, 0.6) is 0 Å². The fourth-order valence-electron chi connectivity index (χ4n) is 3.76. The van der Waals surface area contributed by atoms with Crippen LogP contribution in [-0.2, 0) is 13.5 Å². The Kier molecular flexibility index (Phi) is 4.13. The summed E-state index contributed by atoms with van der Waals surface area (Å²) in [5.41, 5.74) is 6.84.